The van der Waals surface area contributed by atoms with Gasteiger partial charge in [0.15, 0.2) is 5.82 Å². The Kier molecular flexibility index (Phi) is 7.07. The maximum Gasteiger partial charge on any atom is 0.293 e. The second-order valence-electron chi connectivity index (χ2n) is 10.0. The van der Waals surface area contributed by atoms with Crippen LogP contribution in [0.15, 0.2) is 77.7 Å². The van der Waals surface area contributed by atoms with Gasteiger partial charge in [-0.2, -0.15) is 0 Å². The van der Waals surface area contributed by atoms with Crippen LogP contribution in [0.4, 0.5) is 17.2 Å². The molecule has 4 aromatic rings. The van der Waals surface area contributed by atoms with E-state index >= 15 is 0 Å². The Bertz CT molecular complexity index is 1510. The van der Waals surface area contributed by atoms with Crippen molar-refractivity contribution >= 4 is 29.4 Å². The molecule has 0 unspecified atom stereocenters. The Morgan fingerprint density at radius 2 is 1.65 bits per heavy atom. The number of amides is 1. The zero-order valence-corrected chi connectivity index (χ0v) is 21.6. The summed E-state index contributed by atoms with van der Waals surface area (Å²) in [5.41, 5.74) is 5.50. The summed E-state index contributed by atoms with van der Waals surface area (Å²) in [5, 5.41) is 6.05. The Morgan fingerprint density at radius 1 is 0.973 bits per heavy atom. The van der Waals surface area contributed by atoms with E-state index in [1.54, 1.807) is 37.5 Å². The summed E-state index contributed by atoms with van der Waals surface area (Å²) < 4.78 is 1.46. The van der Waals surface area contributed by atoms with E-state index in [9.17, 15) is 14.4 Å². The molecule has 0 aliphatic heterocycles. The molecule has 0 fully saturated rings. The van der Waals surface area contributed by atoms with Crippen LogP contribution >= 0.6 is 0 Å². The quantitative estimate of drug-likeness (QED) is 0.328. The Labute approximate surface area is 216 Å². The second kappa shape index (κ2) is 10.2. The molecule has 3 aromatic carbocycles. The third-order valence-electron chi connectivity index (χ3n) is 6.25. The SMILES string of the molecule is Cc1c(NC(=O)c2ccc(C(C)(C)C)cc2)cccc1-c1cn(C)c(=O)c(Nc2ccc(C=O)cc2)n1. The van der Waals surface area contributed by atoms with Crippen molar-refractivity contribution in [2.75, 3.05) is 10.6 Å². The van der Waals surface area contributed by atoms with Gasteiger partial charge in [0.25, 0.3) is 11.5 Å². The Morgan fingerprint density at radius 3 is 2.27 bits per heavy atom. The molecule has 37 heavy (non-hydrogen) atoms. The average Bonchev–Trinajstić information content (AvgIpc) is 2.88. The summed E-state index contributed by atoms with van der Waals surface area (Å²) in [5.74, 6) is -0.0399. The van der Waals surface area contributed by atoms with Gasteiger partial charge in [-0.15, -0.1) is 0 Å². The number of carbonyl (C=O) groups excluding carboxylic acids is 2. The van der Waals surface area contributed by atoms with Gasteiger partial charge in [0.05, 0.1) is 5.69 Å². The molecule has 4 rings (SSSR count). The molecule has 0 saturated carbocycles. The highest BCUT2D eigenvalue weighted by Gasteiger charge is 2.16. The summed E-state index contributed by atoms with van der Waals surface area (Å²) in [6.07, 6.45) is 2.43. The van der Waals surface area contributed by atoms with Gasteiger partial charge in [-0.1, -0.05) is 45.0 Å². The van der Waals surface area contributed by atoms with Crippen LogP contribution in [-0.4, -0.2) is 21.7 Å². The number of nitrogens with zero attached hydrogens (tertiary/aromatic N) is 2. The number of aldehydes is 1. The number of anilines is 3. The monoisotopic (exact) mass is 494 g/mol. The molecular formula is C30H30N4O3. The van der Waals surface area contributed by atoms with Crippen molar-refractivity contribution in [3.8, 4) is 11.3 Å². The van der Waals surface area contributed by atoms with Crippen molar-refractivity contribution in [2.45, 2.75) is 33.1 Å². The summed E-state index contributed by atoms with van der Waals surface area (Å²) in [6.45, 7) is 8.31. The standard InChI is InChI=1S/C30H30N4O3/c1-19-24(7-6-8-25(19)33-28(36)21-11-13-22(14-12-21)30(2,3)4)26-17-34(5)29(37)27(32-26)31-23-15-9-20(18-35)10-16-23/h6-18H,1-5H3,(H,31,32)(H,33,36). The molecule has 0 aliphatic rings. The van der Waals surface area contributed by atoms with Crippen molar-refractivity contribution in [3.05, 3.63) is 106 Å². The van der Waals surface area contributed by atoms with Crippen LogP contribution in [-0.2, 0) is 12.5 Å². The van der Waals surface area contributed by atoms with Crippen molar-refractivity contribution in [1.29, 1.82) is 0 Å². The topological polar surface area (TPSA) is 93.1 Å². The Hall–Kier alpha value is -4.52. The molecule has 0 saturated heterocycles. The van der Waals surface area contributed by atoms with E-state index in [4.69, 9.17) is 0 Å². The van der Waals surface area contributed by atoms with Gasteiger partial charge in [0, 0.05) is 41.3 Å². The number of aromatic nitrogens is 2. The van der Waals surface area contributed by atoms with Crippen LogP contribution in [0.3, 0.4) is 0 Å². The summed E-state index contributed by atoms with van der Waals surface area (Å²) in [6, 6.07) is 20.0. The molecule has 1 amide bonds. The van der Waals surface area contributed by atoms with E-state index in [0.29, 0.717) is 28.2 Å². The molecule has 0 atom stereocenters. The summed E-state index contributed by atoms with van der Waals surface area (Å²) >= 11 is 0. The normalized spacial score (nSPS) is 11.2. The van der Waals surface area contributed by atoms with Crippen molar-refractivity contribution in [1.82, 2.24) is 9.55 Å². The molecule has 7 heteroatoms. The number of benzene rings is 3. The average molecular weight is 495 g/mol. The predicted octanol–water partition coefficient (Wildman–Crippen LogP) is 5.86. The van der Waals surface area contributed by atoms with Crippen LogP contribution in [0, 0.1) is 6.92 Å². The molecular weight excluding hydrogens is 464 g/mol. The minimum absolute atomic E-state index is 0.00931. The van der Waals surface area contributed by atoms with Crippen LogP contribution in [0.25, 0.3) is 11.3 Å². The zero-order chi connectivity index (χ0) is 26.7. The highest BCUT2D eigenvalue weighted by Crippen LogP contribution is 2.29. The molecule has 7 nitrogen and oxygen atoms in total. The highest BCUT2D eigenvalue weighted by molar-refractivity contribution is 6.05. The first-order valence-corrected chi connectivity index (χ1v) is 12.0. The lowest BCUT2D eigenvalue weighted by molar-refractivity contribution is 0.102. The first-order chi connectivity index (χ1) is 17.6. The summed E-state index contributed by atoms with van der Waals surface area (Å²) in [7, 11) is 1.66. The van der Waals surface area contributed by atoms with E-state index < -0.39 is 0 Å². The van der Waals surface area contributed by atoms with Crippen LogP contribution in [0.2, 0.25) is 0 Å². The molecule has 1 aromatic heterocycles. The van der Waals surface area contributed by atoms with Crippen molar-refractivity contribution in [3.63, 3.8) is 0 Å². The van der Waals surface area contributed by atoms with Crippen LogP contribution in [0.5, 0.6) is 0 Å². The number of nitrogens with one attached hydrogen (secondary N) is 2. The van der Waals surface area contributed by atoms with Crippen LogP contribution < -0.4 is 16.2 Å². The lowest BCUT2D eigenvalue weighted by Gasteiger charge is -2.19. The van der Waals surface area contributed by atoms with Gasteiger partial charge in [0.2, 0.25) is 0 Å². The third-order valence-corrected chi connectivity index (χ3v) is 6.25. The summed E-state index contributed by atoms with van der Waals surface area (Å²) in [4.78, 5) is 41.2. The molecule has 2 N–H and O–H groups in total. The number of hydrogen-bond donors (Lipinski definition) is 2. The smallest absolute Gasteiger partial charge is 0.293 e. The maximum atomic E-state index is 13.0. The fourth-order valence-corrected chi connectivity index (χ4v) is 3.96. The van der Waals surface area contributed by atoms with E-state index in [2.05, 4.69) is 36.4 Å². The largest absolute Gasteiger partial charge is 0.336 e. The highest BCUT2D eigenvalue weighted by atomic mass is 16.1. The third kappa shape index (κ3) is 5.67. The second-order valence-corrected chi connectivity index (χ2v) is 10.0. The number of hydrogen-bond acceptors (Lipinski definition) is 5. The first-order valence-electron chi connectivity index (χ1n) is 12.0. The van der Waals surface area contributed by atoms with Crippen molar-refractivity contribution in [2.24, 2.45) is 7.05 Å². The number of aryl methyl sites for hydroxylation is 1. The van der Waals surface area contributed by atoms with E-state index in [-0.39, 0.29) is 22.7 Å². The predicted molar refractivity (Wildman–Crippen MR) is 148 cm³/mol. The van der Waals surface area contributed by atoms with Crippen molar-refractivity contribution < 1.29 is 9.59 Å². The van der Waals surface area contributed by atoms with Gasteiger partial charge in [-0.3, -0.25) is 14.4 Å². The first kappa shape index (κ1) is 25.6. The lowest BCUT2D eigenvalue weighted by atomic mass is 9.86. The minimum Gasteiger partial charge on any atom is -0.336 e. The molecule has 1 heterocycles. The van der Waals surface area contributed by atoms with Gasteiger partial charge in [0.1, 0.15) is 6.29 Å². The van der Waals surface area contributed by atoms with Crippen LogP contribution in [0.1, 0.15) is 52.6 Å². The molecule has 188 valence electrons. The van der Waals surface area contributed by atoms with Gasteiger partial charge in [-0.25, -0.2) is 4.98 Å². The number of rotatable bonds is 6. The zero-order valence-electron chi connectivity index (χ0n) is 21.6. The van der Waals surface area contributed by atoms with Gasteiger partial charge >= 0.3 is 0 Å². The molecule has 0 spiro atoms. The minimum atomic E-state index is -0.288. The van der Waals surface area contributed by atoms with E-state index in [1.165, 1.54) is 4.57 Å². The molecule has 0 aliphatic carbocycles. The number of carbonyl (C=O) groups is 2. The molecule has 0 bridgehead atoms. The van der Waals surface area contributed by atoms with Gasteiger partial charge < -0.3 is 15.2 Å². The van der Waals surface area contributed by atoms with E-state index in [1.807, 2.05) is 49.4 Å². The Balaban J connectivity index is 1.62. The maximum absolute atomic E-state index is 13.0. The lowest BCUT2D eigenvalue weighted by Crippen LogP contribution is -2.21. The molecule has 0 radical (unpaired) electrons. The fraction of sp³-hybridized carbons (Fsp3) is 0.200. The fourth-order valence-electron chi connectivity index (χ4n) is 3.96. The van der Waals surface area contributed by atoms with Gasteiger partial charge in [-0.05, 0) is 65.9 Å². The van der Waals surface area contributed by atoms with E-state index in [0.717, 1.165) is 23.0 Å².